The Morgan fingerprint density at radius 2 is 2.17 bits per heavy atom. The fraction of sp³-hybridized carbons (Fsp3) is 0.500. The van der Waals surface area contributed by atoms with Gasteiger partial charge in [-0.05, 0) is 44.0 Å². The maximum atomic E-state index is 13.4. The lowest BCUT2D eigenvalue weighted by Gasteiger charge is -2.24. The van der Waals surface area contributed by atoms with Gasteiger partial charge in [0.15, 0.2) is 0 Å². The second-order valence-electron chi connectivity index (χ2n) is 4.65. The maximum Gasteiger partial charge on any atom is 0.253 e. The number of halogens is 1. The van der Waals surface area contributed by atoms with Gasteiger partial charge >= 0.3 is 0 Å². The van der Waals surface area contributed by atoms with Crippen LogP contribution >= 0.6 is 0 Å². The number of amides is 1. The van der Waals surface area contributed by atoms with Gasteiger partial charge in [-0.2, -0.15) is 0 Å². The fourth-order valence-corrected chi connectivity index (χ4v) is 1.71. The lowest BCUT2D eigenvalue weighted by molar-refractivity contribution is 0.0743. The van der Waals surface area contributed by atoms with Gasteiger partial charge in [-0.3, -0.25) is 4.79 Å². The second-order valence-corrected chi connectivity index (χ2v) is 4.65. The summed E-state index contributed by atoms with van der Waals surface area (Å²) in [5.74, 6) is -0.246. The molecule has 0 fully saturated rings. The van der Waals surface area contributed by atoms with Gasteiger partial charge in [-0.1, -0.05) is 13.0 Å². The second kappa shape index (κ2) is 6.50. The van der Waals surface area contributed by atoms with Gasteiger partial charge in [-0.25, -0.2) is 4.39 Å². The summed E-state index contributed by atoms with van der Waals surface area (Å²) in [7, 11) is 0. The summed E-state index contributed by atoms with van der Waals surface area (Å²) >= 11 is 0. The van der Waals surface area contributed by atoms with Crippen LogP contribution in [0.15, 0.2) is 18.2 Å². The van der Waals surface area contributed by atoms with Crippen LogP contribution in [0.2, 0.25) is 0 Å². The number of carbonyl (C=O) groups excluding carboxylic acids is 1. The molecule has 0 radical (unpaired) electrons. The van der Waals surface area contributed by atoms with Crippen LogP contribution in [-0.2, 0) is 0 Å². The SMILES string of the molecule is CCN(CC(C)CN)C(=O)c1ccc(C)c(F)c1. The van der Waals surface area contributed by atoms with E-state index in [1.54, 1.807) is 24.0 Å². The number of hydrogen-bond acceptors (Lipinski definition) is 2. The van der Waals surface area contributed by atoms with Crippen LogP contribution in [0.4, 0.5) is 4.39 Å². The molecule has 18 heavy (non-hydrogen) atoms. The predicted octanol–water partition coefficient (Wildman–Crippen LogP) is 2.19. The van der Waals surface area contributed by atoms with Crippen molar-refractivity contribution in [2.45, 2.75) is 20.8 Å². The van der Waals surface area contributed by atoms with Crippen LogP contribution in [0.25, 0.3) is 0 Å². The van der Waals surface area contributed by atoms with Gasteiger partial charge in [0, 0.05) is 18.7 Å². The van der Waals surface area contributed by atoms with Crippen molar-refractivity contribution < 1.29 is 9.18 Å². The average molecular weight is 252 g/mol. The molecular weight excluding hydrogens is 231 g/mol. The van der Waals surface area contributed by atoms with Gasteiger partial charge in [0.2, 0.25) is 0 Å². The highest BCUT2D eigenvalue weighted by Gasteiger charge is 2.17. The Kier molecular flexibility index (Phi) is 5.28. The first kappa shape index (κ1) is 14.6. The Balaban J connectivity index is 2.86. The minimum absolute atomic E-state index is 0.142. The van der Waals surface area contributed by atoms with Crippen LogP contribution in [0.5, 0.6) is 0 Å². The van der Waals surface area contributed by atoms with Crippen molar-refractivity contribution in [3.05, 3.63) is 35.1 Å². The van der Waals surface area contributed by atoms with E-state index in [4.69, 9.17) is 5.73 Å². The number of rotatable bonds is 5. The van der Waals surface area contributed by atoms with Crippen molar-refractivity contribution in [2.75, 3.05) is 19.6 Å². The van der Waals surface area contributed by atoms with Crippen molar-refractivity contribution >= 4 is 5.91 Å². The molecule has 1 atom stereocenters. The Morgan fingerprint density at radius 3 is 2.67 bits per heavy atom. The van der Waals surface area contributed by atoms with Gasteiger partial charge in [0.05, 0.1) is 0 Å². The molecule has 1 unspecified atom stereocenters. The van der Waals surface area contributed by atoms with E-state index in [2.05, 4.69) is 0 Å². The topological polar surface area (TPSA) is 46.3 Å². The molecule has 0 saturated carbocycles. The smallest absolute Gasteiger partial charge is 0.253 e. The highest BCUT2D eigenvalue weighted by atomic mass is 19.1. The first-order valence-corrected chi connectivity index (χ1v) is 6.25. The zero-order valence-electron chi connectivity index (χ0n) is 11.2. The van der Waals surface area contributed by atoms with Crippen molar-refractivity contribution in [1.82, 2.24) is 4.90 Å². The molecule has 0 saturated heterocycles. The average Bonchev–Trinajstić information content (AvgIpc) is 2.38. The molecule has 0 spiro atoms. The molecule has 3 nitrogen and oxygen atoms in total. The van der Waals surface area contributed by atoms with Crippen LogP contribution in [0.3, 0.4) is 0 Å². The monoisotopic (exact) mass is 252 g/mol. The minimum Gasteiger partial charge on any atom is -0.339 e. The third-order valence-electron chi connectivity index (χ3n) is 3.02. The molecule has 0 aromatic heterocycles. The predicted molar refractivity (Wildman–Crippen MR) is 70.9 cm³/mol. The molecule has 1 aromatic rings. The number of hydrogen-bond donors (Lipinski definition) is 1. The van der Waals surface area contributed by atoms with Crippen LogP contribution in [0, 0.1) is 18.7 Å². The summed E-state index contributed by atoms with van der Waals surface area (Å²) in [4.78, 5) is 13.9. The highest BCUT2D eigenvalue weighted by Crippen LogP contribution is 2.12. The van der Waals surface area contributed by atoms with E-state index in [9.17, 15) is 9.18 Å². The minimum atomic E-state index is -0.344. The van der Waals surface area contributed by atoms with E-state index in [0.717, 1.165) is 0 Å². The summed E-state index contributed by atoms with van der Waals surface area (Å²) in [6, 6.07) is 4.59. The molecular formula is C14H21FN2O. The standard InChI is InChI=1S/C14H21FN2O/c1-4-17(9-10(2)8-16)14(18)12-6-5-11(3)13(15)7-12/h5-7,10H,4,8-9,16H2,1-3H3. The summed E-state index contributed by atoms with van der Waals surface area (Å²) < 4.78 is 13.4. The zero-order chi connectivity index (χ0) is 13.7. The summed E-state index contributed by atoms with van der Waals surface area (Å²) in [6.45, 7) is 7.31. The number of nitrogens with zero attached hydrogens (tertiary/aromatic N) is 1. The quantitative estimate of drug-likeness (QED) is 0.873. The van der Waals surface area contributed by atoms with Crippen molar-refractivity contribution in [1.29, 1.82) is 0 Å². The molecule has 4 heteroatoms. The Hall–Kier alpha value is -1.42. The van der Waals surface area contributed by atoms with E-state index in [1.807, 2.05) is 13.8 Å². The molecule has 1 aromatic carbocycles. The number of aryl methyl sites for hydroxylation is 1. The largest absolute Gasteiger partial charge is 0.339 e. The first-order chi connectivity index (χ1) is 8.49. The molecule has 0 aliphatic carbocycles. The molecule has 0 heterocycles. The van der Waals surface area contributed by atoms with Crippen LogP contribution in [0.1, 0.15) is 29.8 Å². The lowest BCUT2D eigenvalue weighted by atomic mass is 10.1. The van der Waals surface area contributed by atoms with Crippen LogP contribution in [-0.4, -0.2) is 30.4 Å². The molecule has 0 bridgehead atoms. The van der Waals surface area contributed by atoms with Crippen molar-refractivity contribution in [2.24, 2.45) is 11.7 Å². The Bertz CT molecular complexity index is 420. The summed E-state index contributed by atoms with van der Waals surface area (Å²) in [5, 5.41) is 0. The molecule has 1 rings (SSSR count). The van der Waals surface area contributed by atoms with Gasteiger partial charge in [-0.15, -0.1) is 0 Å². The van der Waals surface area contributed by atoms with E-state index in [-0.39, 0.29) is 17.6 Å². The van der Waals surface area contributed by atoms with E-state index in [0.29, 0.717) is 30.8 Å². The summed E-state index contributed by atoms with van der Waals surface area (Å²) in [6.07, 6.45) is 0. The number of nitrogens with two attached hydrogens (primary N) is 1. The van der Waals surface area contributed by atoms with E-state index in [1.165, 1.54) is 6.07 Å². The van der Waals surface area contributed by atoms with Crippen LogP contribution < -0.4 is 5.73 Å². The van der Waals surface area contributed by atoms with Crippen molar-refractivity contribution in [3.63, 3.8) is 0 Å². The Morgan fingerprint density at radius 1 is 1.50 bits per heavy atom. The third-order valence-corrected chi connectivity index (χ3v) is 3.02. The number of benzene rings is 1. The Labute approximate surface area is 108 Å². The van der Waals surface area contributed by atoms with Gasteiger partial charge < -0.3 is 10.6 Å². The third kappa shape index (κ3) is 3.53. The lowest BCUT2D eigenvalue weighted by Crippen LogP contribution is -2.36. The molecule has 0 aliphatic rings. The first-order valence-electron chi connectivity index (χ1n) is 6.25. The van der Waals surface area contributed by atoms with Gasteiger partial charge in [0.1, 0.15) is 5.82 Å². The fourth-order valence-electron chi connectivity index (χ4n) is 1.71. The van der Waals surface area contributed by atoms with E-state index < -0.39 is 0 Å². The molecule has 1 amide bonds. The number of carbonyl (C=O) groups is 1. The maximum absolute atomic E-state index is 13.4. The van der Waals surface area contributed by atoms with Gasteiger partial charge in [0.25, 0.3) is 5.91 Å². The molecule has 2 N–H and O–H groups in total. The van der Waals surface area contributed by atoms with E-state index >= 15 is 0 Å². The zero-order valence-corrected chi connectivity index (χ0v) is 11.2. The summed E-state index contributed by atoms with van der Waals surface area (Å²) in [5.41, 5.74) is 6.50. The molecule has 0 aliphatic heterocycles. The normalized spacial score (nSPS) is 12.3. The highest BCUT2D eigenvalue weighted by molar-refractivity contribution is 5.94. The molecule has 100 valence electrons. The van der Waals surface area contributed by atoms with Crippen molar-refractivity contribution in [3.8, 4) is 0 Å².